The predicted octanol–water partition coefficient (Wildman–Crippen LogP) is 3.85. The number of nitrogens with one attached hydrogen (secondary N) is 1. The number of carbonyl (C=O) groups excluding carboxylic acids is 1. The second kappa shape index (κ2) is 8.22. The maximum Gasteiger partial charge on any atom is 0.287 e. The van der Waals surface area contributed by atoms with Gasteiger partial charge in [-0.1, -0.05) is 32.0 Å². The van der Waals surface area contributed by atoms with Crippen LogP contribution < -0.4 is 5.32 Å². The van der Waals surface area contributed by atoms with E-state index in [0.717, 1.165) is 10.5 Å². The number of aliphatic hydroxyl groups is 1. The third kappa shape index (κ3) is 4.88. The minimum Gasteiger partial charge on any atom is -0.459 e. The number of benzene rings is 1. The molecule has 2 rings (SSSR count). The Morgan fingerprint density at radius 2 is 1.91 bits per heavy atom. The van der Waals surface area contributed by atoms with Crippen molar-refractivity contribution in [2.24, 2.45) is 0 Å². The first kappa shape index (κ1) is 17.6. The molecule has 0 saturated heterocycles. The number of amides is 1. The molecule has 0 saturated carbocycles. The van der Waals surface area contributed by atoms with Crippen molar-refractivity contribution in [2.45, 2.75) is 42.9 Å². The van der Waals surface area contributed by atoms with Gasteiger partial charge in [0.1, 0.15) is 0 Å². The fraction of sp³-hybridized carbons (Fsp3) is 0.389. The quantitative estimate of drug-likeness (QED) is 0.720. The highest BCUT2D eigenvalue weighted by Crippen LogP contribution is 2.25. The third-order valence-corrected chi connectivity index (χ3v) is 5.05. The Labute approximate surface area is 141 Å². The molecule has 1 amide bonds. The fourth-order valence-corrected chi connectivity index (χ4v) is 3.05. The second-order valence-corrected chi connectivity index (χ2v) is 6.54. The number of rotatable bonds is 8. The van der Waals surface area contributed by atoms with Crippen molar-refractivity contribution in [1.82, 2.24) is 5.32 Å². The van der Waals surface area contributed by atoms with Gasteiger partial charge >= 0.3 is 0 Å². The minimum atomic E-state index is -0.860. The van der Waals surface area contributed by atoms with E-state index in [1.54, 1.807) is 11.8 Å². The summed E-state index contributed by atoms with van der Waals surface area (Å²) in [4.78, 5) is 13.4. The van der Waals surface area contributed by atoms with Crippen LogP contribution in [-0.2, 0) is 5.75 Å². The van der Waals surface area contributed by atoms with Gasteiger partial charge in [-0.3, -0.25) is 4.79 Å². The van der Waals surface area contributed by atoms with Crippen LogP contribution >= 0.6 is 11.8 Å². The van der Waals surface area contributed by atoms with E-state index < -0.39 is 5.60 Å². The molecule has 0 bridgehead atoms. The van der Waals surface area contributed by atoms with Gasteiger partial charge < -0.3 is 14.8 Å². The lowest BCUT2D eigenvalue weighted by Gasteiger charge is -2.25. The van der Waals surface area contributed by atoms with E-state index in [1.807, 2.05) is 50.2 Å². The Hall–Kier alpha value is -1.72. The smallest absolute Gasteiger partial charge is 0.287 e. The molecule has 0 atom stereocenters. The van der Waals surface area contributed by atoms with Crippen LogP contribution in [0.15, 0.2) is 52.0 Å². The summed E-state index contributed by atoms with van der Waals surface area (Å²) in [6, 6.07) is 11.8. The van der Waals surface area contributed by atoms with Crippen LogP contribution in [0.5, 0.6) is 0 Å². The average Bonchev–Trinajstić information content (AvgIpc) is 3.07. The van der Waals surface area contributed by atoms with Crippen LogP contribution in [0, 0.1) is 0 Å². The maximum atomic E-state index is 12.3. The van der Waals surface area contributed by atoms with Crippen LogP contribution in [0.25, 0.3) is 0 Å². The molecule has 124 valence electrons. The Morgan fingerprint density at radius 3 is 2.57 bits per heavy atom. The van der Waals surface area contributed by atoms with Gasteiger partial charge in [-0.05, 0) is 31.0 Å². The maximum absolute atomic E-state index is 12.3. The standard InChI is InChI=1S/C18H23NO3S/c1-3-18(21,4-2)13-19-17(20)16-14(10-11-22-16)12-23-15-8-6-5-7-9-15/h5-11,21H,3-4,12-13H2,1-2H3,(H,19,20). The molecule has 0 fully saturated rings. The fourth-order valence-electron chi connectivity index (χ4n) is 2.15. The van der Waals surface area contributed by atoms with Gasteiger partial charge in [-0.2, -0.15) is 0 Å². The van der Waals surface area contributed by atoms with Crippen molar-refractivity contribution >= 4 is 17.7 Å². The van der Waals surface area contributed by atoms with Gasteiger partial charge in [0.25, 0.3) is 5.91 Å². The van der Waals surface area contributed by atoms with Crippen molar-refractivity contribution in [3.63, 3.8) is 0 Å². The highest BCUT2D eigenvalue weighted by Gasteiger charge is 2.24. The molecule has 5 heteroatoms. The number of carbonyl (C=O) groups is 1. The van der Waals surface area contributed by atoms with Crippen molar-refractivity contribution < 1.29 is 14.3 Å². The lowest BCUT2D eigenvalue weighted by molar-refractivity contribution is 0.0309. The van der Waals surface area contributed by atoms with Crippen molar-refractivity contribution in [3.05, 3.63) is 54.0 Å². The lowest BCUT2D eigenvalue weighted by atomic mass is 9.97. The number of hydrogen-bond acceptors (Lipinski definition) is 4. The van der Waals surface area contributed by atoms with Crippen LogP contribution in [0.1, 0.15) is 42.8 Å². The van der Waals surface area contributed by atoms with Crippen LogP contribution in [0.4, 0.5) is 0 Å². The van der Waals surface area contributed by atoms with E-state index >= 15 is 0 Å². The predicted molar refractivity (Wildman–Crippen MR) is 92.6 cm³/mol. The summed E-state index contributed by atoms with van der Waals surface area (Å²) in [5.74, 6) is 0.705. The summed E-state index contributed by atoms with van der Waals surface area (Å²) in [6.07, 6.45) is 2.72. The summed E-state index contributed by atoms with van der Waals surface area (Å²) in [5, 5.41) is 13.0. The van der Waals surface area contributed by atoms with Gasteiger partial charge in [0.05, 0.1) is 11.9 Å². The Balaban J connectivity index is 1.96. The first-order valence-corrected chi connectivity index (χ1v) is 8.81. The van der Waals surface area contributed by atoms with Crippen molar-refractivity contribution in [2.75, 3.05) is 6.54 Å². The average molecular weight is 333 g/mol. The first-order valence-electron chi connectivity index (χ1n) is 7.83. The second-order valence-electron chi connectivity index (χ2n) is 5.49. The van der Waals surface area contributed by atoms with Crippen molar-refractivity contribution in [3.8, 4) is 0 Å². The van der Waals surface area contributed by atoms with E-state index in [2.05, 4.69) is 5.32 Å². The van der Waals surface area contributed by atoms with Crippen molar-refractivity contribution in [1.29, 1.82) is 0 Å². The Morgan fingerprint density at radius 1 is 1.22 bits per heavy atom. The van der Waals surface area contributed by atoms with Gasteiger partial charge in [-0.25, -0.2) is 0 Å². The first-order chi connectivity index (χ1) is 11.1. The highest BCUT2D eigenvalue weighted by molar-refractivity contribution is 7.98. The molecule has 2 aromatic rings. The summed E-state index contributed by atoms with van der Waals surface area (Å²) in [7, 11) is 0. The van der Waals surface area contributed by atoms with E-state index in [4.69, 9.17) is 4.42 Å². The largest absolute Gasteiger partial charge is 0.459 e. The molecule has 0 unspecified atom stereocenters. The third-order valence-electron chi connectivity index (χ3n) is 3.98. The molecule has 1 aromatic heterocycles. The van der Waals surface area contributed by atoms with Crippen LogP contribution in [0.3, 0.4) is 0 Å². The molecule has 0 radical (unpaired) electrons. The zero-order valence-corrected chi connectivity index (χ0v) is 14.4. The van der Waals surface area contributed by atoms with Crippen LogP contribution in [0.2, 0.25) is 0 Å². The van der Waals surface area contributed by atoms with E-state index in [1.165, 1.54) is 6.26 Å². The topological polar surface area (TPSA) is 62.5 Å². The number of hydrogen-bond donors (Lipinski definition) is 2. The monoisotopic (exact) mass is 333 g/mol. The number of thioether (sulfide) groups is 1. The molecule has 4 nitrogen and oxygen atoms in total. The van der Waals surface area contributed by atoms with E-state index in [9.17, 15) is 9.90 Å². The van der Waals surface area contributed by atoms with Gasteiger partial charge in [0, 0.05) is 22.8 Å². The molecular weight excluding hydrogens is 310 g/mol. The summed E-state index contributed by atoms with van der Waals surface area (Å²) in [5.41, 5.74) is -0.00539. The minimum absolute atomic E-state index is 0.227. The SMILES string of the molecule is CCC(O)(CC)CNC(=O)c1occc1CSc1ccccc1. The van der Waals surface area contributed by atoms with Gasteiger partial charge in [0.15, 0.2) is 5.76 Å². The molecule has 1 heterocycles. The normalized spacial score (nSPS) is 11.4. The Kier molecular flexibility index (Phi) is 6.30. The molecule has 2 N–H and O–H groups in total. The number of furan rings is 1. The summed E-state index contributed by atoms with van der Waals surface area (Å²) in [6.45, 7) is 4.04. The summed E-state index contributed by atoms with van der Waals surface area (Å²) < 4.78 is 5.34. The van der Waals surface area contributed by atoms with E-state index in [0.29, 0.717) is 24.4 Å². The highest BCUT2D eigenvalue weighted by atomic mass is 32.2. The molecule has 0 spiro atoms. The molecule has 1 aromatic carbocycles. The van der Waals surface area contributed by atoms with E-state index in [-0.39, 0.29) is 12.5 Å². The summed E-state index contributed by atoms with van der Waals surface area (Å²) >= 11 is 1.65. The molecule has 23 heavy (non-hydrogen) atoms. The lowest BCUT2D eigenvalue weighted by Crippen LogP contribution is -2.42. The molecule has 0 aliphatic carbocycles. The molecule has 0 aliphatic rings. The molecule has 0 aliphatic heterocycles. The van der Waals surface area contributed by atoms with Gasteiger partial charge in [-0.15, -0.1) is 11.8 Å². The zero-order valence-electron chi connectivity index (χ0n) is 13.5. The Bertz CT molecular complexity index is 620. The molecular formula is C18H23NO3S. The van der Waals surface area contributed by atoms with Crippen LogP contribution in [-0.4, -0.2) is 23.2 Å². The van der Waals surface area contributed by atoms with Gasteiger partial charge in [0.2, 0.25) is 0 Å². The zero-order chi connectivity index (χ0) is 16.7.